The summed E-state index contributed by atoms with van der Waals surface area (Å²) in [7, 11) is 0. The van der Waals surface area contributed by atoms with Gasteiger partial charge in [0.25, 0.3) is 0 Å². The molecule has 0 N–H and O–H groups in total. The molecule has 3 nitrogen and oxygen atoms in total. The van der Waals surface area contributed by atoms with Gasteiger partial charge in [0.15, 0.2) is 6.40 Å². The van der Waals surface area contributed by atoms with E-state index in [-0.39, 0.29) is 16.8 Å². The monoisotopic (exact) mass is 293 g/mol. The number of benzene rings is 1. The Kier molecular flexibility index (Phi) is 4.19. The lowest BCUT2D eigenvalue weighted by Crippen LogP contribution is -2.17. The van der Waals surface area contributed by atoms with Gasteiger partial charge in [-0.05, 0) is 30.5 Å². The molecule has 0 saturated heterocycles. The van der Waals surface area contributed by atoms with E-state index in [0.29, 0.717) is 13.0 Å². The minimum Gasteiger partial charge on any atom is -0.481 e. The Bertz CT molecular complexity index is 477. The van der Waals surface area contributed by atoms with E-state index in [2.05, 4.69) is 9.73 Å². The first-order valence-corrected chi connectivity index (χ1v) is 5.99. The molecule has 1 heterocycles. The first-order chi connectivity index (χ1) is 8.94. The third-order valence-electron chi connectivity index (χ3n) is 2.62. The minimum atomic E-state index is -4.74. The SMILES string of the molecule is FC(F)(F)Oc1ccc(CCC2COC=N2)cc1Cl. The maximum atomic E-state index is 12.1. The van der Waals surface area contributed by atoms with Gasteiger partial charge in [-0.1, -0.05) is 17.7 Å². The number of aliphatic imine (C=N–C) groups is 1. The quantitative estimate of drug-likeness (QED) is 0.849. The molecule has 0 radical (unpaired) electrons. The molecule has 1 aliphatic rings. The summed E-state index contributed by atoms with van der Waals surface area (Å²) in [6.45, 7) is 0.545. The van der Waals surface area contributed by atoms with E-state index in [4.69, 9.17) is 16.3 Å². The standard InChI is InChI=1S/C12H11ClF3NO2/c13-10-5-8(1-3-9-6-18-7-17-9)2-4-11(10)19-12(14,15)16/h2,4-5,7,9H,1,3,6H2. The van der Waals surface area contributed by atoms with Crippen LogP contribution in [0.4, 0.5) is 13.2 Å². The number of hydrogen-bond donors (Lipinski definition) is 0. The average Bonchev–Trinajstić information content (AvgIpc) is 2.81. The van der Waals surface area contributed by atoms with Crippen LogP contribution in [0.2, 0.25) is 5.02 Å². The fourth-order valence-corrected chi connectivity index (χ4v) is 1.97. The smallest absolute Gasteiger partial charge is 0.481 e. The van der Waals surface area contributed by atoms with Crippen LogP contribution in [0.15, 0.2) is 23.2 Å². The summed E-state index contributed by atoms with van der Waals surface area (Å²) < 4.78 is 45.0. The third-order valence-corrected chi connectivity index (χ3v) is 2.92. The molecule has 0 amide bonds. The fraction of sp³-hybridized carbons (Fsp3) is 0.417. The summed E-state index contributed by atoms with van der Waals surface area (Å²) >= 11 is 5.75. The van der Waals surface area contributed by atoms with Crippen LogP contribution in [0.5, 0.6) is 5.75 Å². The van der Waals surface area contributed by atoms with E-state index in [0.717, 1.165) is 12.0 Å². The lowest BCUT2D eigenvalue weighted by Gasteiger charge is -2.11. The van der Waals surface area contributed by atoms with Gasteiger partial charge in [-0.2, -0.15) is 0 Å². The zero-order valence-corrected chi connectivity index (χ0v) is 10.5. The Balaban J connectivity index is 1.96. The second-order valence-corrected chi connectivity index (χ2v) is 4.50. The highest BCUT2D eigenvalue weighted by molar-refractivity contribution is 6.32. The van der Waals surface area contributed by atoms with Crippen molar-refractivity contribution in [1.82, 2.24) is 0 Å². The molecular formula is C12H11ClF3NO2. The van der Waals surface area contributed by atoms with Crippen LogP contribution < -0.4 is 4.74 Å². The van der Waals surface area contributed by atoms with Crippen molar-refractivity contribution in [2.24, 2.45) is 4.99 Å². The summed E-state index contributed by atoms with van der Waals surface area (Å²) in [5, 5.41) is -0.0546. The zero-order valence-electron chi connectivity index (χ0n) is 9.78. The average molecular weight is 294 g/mol. The van der Waals surface area contributed by atoms with E-state index in [1.165, 1.54) is 18.5 Å². The minimum absolute atomic E-state index is 0.0546. The van der Waals surface area contributed by atoms with Crippen LogP contribution in [0.25, 0.3) is 0 Å². The molecule has 1 aromatic carbocycles. The Morgan fingerprint density at radius 3 is 2.79 bits per heavy atom. The second-order valence-electron chi connectivity index (χ2n) is 4.09. The Morgan fingerprint density at radius 2 is 2.21 bits per heavy atom. The van der Waals surface area contributed by atoms with Crippen LogP contribution in [0.3, 0.4) is 0 Å². The lowest BCUT2D eigenvalue weighted by molar-refractivity contribution is -0.274. The van der Waals surface area contributed by atoms with Gasteiger partial charge in [0.05, 0.1) is 11.1 Å². The number of aryl methyl sites for hydroxylation is 1. The van der Waals surface area contributed by atoms with Crippen molar-refractivity contribution in [3.63, 3.8) is 0 Å². The molecule has 7 heteroatoms. The summed E-state index contributed by atoms with van der Waals surface area (Å²) in [6, 6.07) is 4.36. The lowest BCUT2D eigenvalue weighted by atomic mass is 10.1. The van der Waals surface area contributed by atoms with Crippen molar-refractivity contribution in [3.8, 4) is 5.75 Å². The summed E-state index contributed by atoms with van der Waals surface area (Å²) in [4.78, 5) is 4.09. The fourth-order valence-electron chi connectivity index (χ4n) is 1.72. The molecule has 104 valence electrons. The Morgan fingerprint density at radius 1 is 1.42 bits per heavy atom. The highest BCUT2D eigenvalue weighted by Crippen LogP contribution is 2.31. The van der Waals surface area contributed by atoms with Crippen molar-refractivity contribution in [3.05, 3.63) is 28.8 Å². The normalized spacial score (nSPS) is 18.4. The molecule has 1 aromatic rings. The molecule has 0 saturated carbocycles. The Labute approximate surface area is 113 Å². The van der Waals surface area contributed by atoms with Gasteiger partial charge in [0.1, 0.15) is 12.4 Å². The molecule has 0 spiro atoms. The van der Waals surface area contributed by atoms with Crippen LogP contribution >= 0.6 is 11.6 Å². The zero-order chi connectivity index (χ0) is 13.9. The highest BCUT2D eigenvalue weighted by Gasteiger charge is 2.32. The van der Waals surface area contributed by atoms with Crippen LogP contribution in [-0.4, -0.2) is 25.4 Å². The molecule has 0 bridgehead atoms. The van der Waals surface area contributed by atoms with Crippen molar-refractivity contribution in [2.75, 3.05) is 6.61 Å². The Hall–Kier alpha value is -1.43. The topological polar surface area (TPSA) is 30.8 Å². The summed E-state index contributed by atoms with van der Waals surface area (Å²) in [5.41, 5.74) is 0.835. The largest absolute Gasteiger partial charge is 0.573 e. The number of hydrogen-bond acceptors (Lipinski definition) is 3. The highest BCUT2D eigenvalue weighted by atomic mass is 35.5. The van der Waals surface area contributed by atoms with Gasteiger partial charge in [0, 0.05) is 0 Å². The molecule has 0 aromatic heterocycles. The number of rotatable bonds is 4. The van der Waals surface area contributed by atoms with Crippen molar-refractivity contribution < 1.29 is 22.6 Å². The molecule has 1 aliphatic heterocycles. The van der Waals surface area contributed by atoms with E-state index < -0.39 is 6.36 Å². The van der Waals surface area contributed by atoms with Gasteiger partial charge < -0.3 is 9.47 Å². The van der Waals surface area contributed by atoms with Crippen molar-refractivity contribution in [1.29, 1.82) is 0 Å². The van der Waals surface area contributed by atoms with Crippen molar-refractivity contribution >= 4 is 18.0 Å². The van der Waals surface area contributed by atoms with Gasteiger partial charge in [-0.3, -0.25) is 4.99 Å². The van der Waals surface area contributed by atoms with E-state index in [1.54, 1.807) is 6.07 Å². The molecule has 1 unspecified atom stereocenters. The van der Waals surface area contributed by atoms with Crippen molar-refractivity contribution in [2.45, 2.75) is 25.2 Å². The van der Waals surface area contributed by atoms with Gasteiger partial charge in [0.2, 0.25) is 0 Å². The number of ether oxygens (including phenoxy) is 2. The van der Waals surface area contributed by atoms with Gasteiger partial charge >= 0.3 is 6.36 Å². The predicted octanol–water partition coefficient (Wildman–Crippen LogP) is 3.60. The number of halogens is 4. The van der Waals surface area contributed by atoms with E-state index in [9.17, 15) is 13.2 Å². The molecular weight excluding hydrogens is 283 g/mol. The predicted molar refractivity (Wildman–Crippen MR) is 64.7 cm³/mol. The van der Waals surface area contributed by atoms with Gasteiger partial charge in [-0.25, -0.2) is 0 Å². The van der Waals surface area contributed by atoms with Crippen LogP contribution in [-0.2, 0) is 11.2 Å². The maximum absolute atomic E-state index is 12.1. The van der Waals surface area contributed by atoms with E-state index >= 15 is 0 Å². The number of nitrogens with zero attached hydrogens (tertiary/aromatic N) is 1. The number of alkyl halides is 3. The molecule has 1 atom stereocenters. The van der Waals surface area contributed by atoms with Crippen LogP contribution in [0.1, 0.15) is 12.0 Å². The summed E-state index contributed by atoms with van der Waals surface area (Å²) in [5.74, 6) is -0.389. The first kappa shape index (κ1) is 14.0. The molecule has 19 heavy (non-hydrogen) atoms. The summed E-state index contributed by atoms with van der Waals surface area (Å²) in [6.07, 6.45) is -1.90. The third kappa shape index (κ3) is 4.31. The molecule has 0 fully saturated rings. The van der Waals surface area contributed by atoms with Crippen LogP contribution in [0, 0.1) is 0 Å². The first-order valence-electron chi connectivity index (χ1n) is 5.61. The van der Waals surface area contributed by atoms with E-state index in [1.807, 2.05) is 0 Å². The van der Waals surface area contributed by atoms with Gasteiger partial charge in [-0.15, -0.1) is 13.2 Å². The molecule has 2 rings (SSSR count). The second kappa shape index (κ2) is 5.69. The maximum Gasteiger partial charge on any atom is 0.573 e. The molecule has 0 aliphatic carbocycles.